The molecule has 0 radical (unpaired) electrons. The van der Waals surface area contributed by atoms with E-state index in [-0.39, 0.29) is 15.5 Å². The van der Waals surface area contributed by atoms with Crippen LogP contribution in [0, 0.1) is 0 Å². The van der Waals surface area contributed by atoms with E-state index >= 15 is 0 Å². The summed E-state index contributed by atoms with van der Waals surface area (Å²) in [7, 11) is -3.84. The van der Waals surface area contributed by atoms with Gasteiger partial charge in [0.2, 0.25) is 0 Å². The Hall–Kier alpha value is -2.90. The van der Waals surface area contributed by atoms with Gasteiger partial charge in [0.1, 0.15) is 5.82 Å². The summed E-state index contributed by atoms with van der Waals surface area (Å²) in [6, 6.07) is 16.7. The van der Waals surface area contributed by atoms with Crippen molar-refractivity contribution >= 4 is 39.0 Å². The van der Waals surface area contributed by atoms with E-state index in [1.54, 1.807) is 30.5 Å². The number of fused-ring (bicyclic) bond motifs is 1. The molecule has 1 aliphatic rings. The number of halogens is 1. The quantitative estimate of drug-likeness (QED) is 0.679. The Balaban J connectivity index is 1.69. The lowest BCUT2D eigenvalue weighted by Crippen LogP contribution is -2.35. The van der Waals surface area contributed by atoms with Crippen LogP contribution in [0.15, 0.2) is 71.8 Å². The highest BCUT2D eigenvalue weighted by molar-refractivity contribution is 7.92. The zero-order valence-corrected chi connectivity index (χ0v) is 16.9. The molecule has 6 nitrogen and oxygen atoms in total. The second kappa shape index (κ2) is 7.85. The van der Waals surface area contributed by atoms with Crippen LogP contribution in [0.5, 0.6) is 0 Å². The van der Waals surface area contributed by atoms with Gasteiger partial charge in [-0.3, -0.25) is 9.10 Å². The summed E-state index contributed by atoms with van der Waals surface area (Å²) in [5, 5.41) is 2.79. The molecular weight excluding hydrogens is 410 g/mol. The Morgan fingerprint density at radius 2 is 1.86 bits per heavy atom. The minimum atomic E-state index is -3.84. The molecule has 1 N–H and O–H groups in total. The molecule has 4 rings (SSSR count). The Bertz CT molecular complexity index is 1170. The first-order chi connectivity index (χ1) is 14.0. The number of aromatic nitrogens is 1. The van der Waals surface area contributed by atoms with Crippen molar-refractivity contribution in [2.75, 3.05) is 16.2 Å². The van der Waals surface area contributed by atoms with Crippen molar-refractivity contribution in [3.05, 3.63) is 83.0 Å². The maximum Gasteiger partial charge on any atom is 0.264 e. The standard InChI is InChI=1S/C21H18ClN3O3S/c22-18-11-10-16(14-17(18)21(26)24-20-9-3-4-12-23-20)29(27,28)25-13-5-7-15-6-1-2-8-19(15)25/h1-4,6,8-12,14H,5,7,13H2,(H,23,24,26). The van der Waals surface area contributed by atoms with E-state index in [1.807, 2.05) is 18.2 Å². The number of nitrogens with one attached hydrogen (secondary N) is 1. The monoisotopic (exact) mass is 427 g/mol. The number of hydrogen-bond acceptors (Lipinski definition) is 4. The summed E-state index contributed by atoms with van der Waals surface area (Å²) in [5.41, 5.74) is 1.74. The van der Waals surface area contributed by atoms with E-state index in [2.05, 4.69) is 10.3 Å². The van der Waals surface area contributed by atoms with Crippen LogP contribution in [-0.2, 0) is 16.4 Å². The first kappa shape index (κ1) is 19.4. The van der Waals surface area contributed by atoms with Crippen molar-refractivity contribution in [2.45, 2.75) is 17.7 Å². The number of sulfonamides is 1. The number of amides is 1. The highest BCUT2D eigenvalue weighted by atomic mass is 35.5. The van der Waals surface area contributed by atoms with Crippen molar-refractivity contribution in [1.82, 2.24) is 4.98 Å². The Labute approximate surface area is 174 Å². The fourth-order valence-corrected chi connectivity index (χ4v) is 5.11. The van der Waals surface area contributed by atoms with E-state index in [0.29, 0.717) is 18.1 Å². The van der Waals surface area contributed by atoms with Crippen LogP contribution in [0.2, 0.25) is 5.02 Å². The number of hydrogen-bond donors (Lipinski definition) is 1. The van der Waals surface area contributed by atoms with Crippen molar-refractivity contribution in [3.8, 4) is 0 Å². The van der Waals surface area contributed by atoms with Crippen molar-refractivity contribution < 1.29 is 13.2 Å². The maximum atomic E-state index is 13.3. The highest BCUT2D eigenvalue weighted by Crippen LogP contribution is 2.32. The van der Waals surface area contributed by atoms with Gasteiger partial charge in [0, 0.05) is 12.7 Å². The average molecular weight is 428 g/mol. The number of pyridine rings is 1. The molecule has 0 unspecified atom stereocenters. The maximum absolute atomic E-state index is 13.3. The van der Waals surface area contributed by atoms with Crippen molar-refractivity contribution in [2.24, 2.45) is 0 Å². The molecule has 0 spiro atoms. The van der Waals surface area contributed by atoms with E-state index in [9.17, 15) is 13.2 Å². The number of aryl methyl sites for hydroxylation is 1. The van der Waals surface area contributed by atoms with Gasteiger partial charge >= 0.3 is 0 Å². The minimum Gasteiger partial charge on any atom is -0.307 e. The zero-order chi connectivity index (χ0) is 20.4. The summed E-state index contributed by atoms with van der Waals surface area (Å²) in [4.78, 5) is 16.7. The van der Waals surface area contributed by atoms with Gasteiger partial charge in [-0.05, 0) is 54.8 Å². The lowest BCUT2D eigenvalue weighted by Gasteiger charge is -2.30. The van der Waals surface area contributed by atoms with Crippen molar-refractivity contribution in [3.63, 3.8) is 0 Å². The van der Waals surface area contributed by atoms with Gasteiger partial charge in [-0.15, -0.1) is 0 Å². The molecule has 29 heavy (non-hydrogen) atoms. The number of carbonyl (C=O) groups is 1. The van der Waals surface area contributed by atoms with E-state index in [1.165, 1.54) is 22.5 Å². The van der Waals surface area contributed by atoms with Crippen LogP contribution >= 0.6 is 11.6 Å². The largest absolute Gasteiger partial charge is 0.307 e. The minimum absolute atomic E-state index is 0.0183. The SMILES string of the molecule is O=C(Nc1ccccn1)c1cc(S(=O)(=O)N2CCCc3ccccc32)ccc1Cl. The predicted molar refractivity (Wildman–Crippen MR) is 113 cm³/mol. The second-order valence-corrected chi connectivity index (χ2v) is 8.89. The topological polar surface area (TPSA) is 79.4 Å². The van der Waals surface area contributed by atoms with Gasteiger partial charge in [-0.2, -0.15) is 0 Å². The highest BCUT2D eigenvalue weighted by Gasteiger charge is 2.30. The lowest BCUT2D eigenvalue weighted by atomic mass is 10.0. The summed E-state index contributed by atoms with van der Waals surface area (Å²) in [5.74, 6) is -0.170. The van der Waals surface area contributed by atoms with E-state index in [4.69, 9.17) is 11.6 Å². The number of rotatable bonds is 4. The number of para-hydroxylation sites is 1. The zero-order valence-electron chi connectivity index (χ0n) is 15.4. The first-order valence-corrected chi connectivity index (χ1v) is 10.9. The molecule has 1 aromatic heterocycles. The third-order valence-electron chi connectivity index (χ3n) is 4.74. The second-order valence-electron chi connectivity index (χ2n) is 6.62. The molecule has 1 aliphatic heterocycles. The Morgan fingerprint density at radius 1 is 1.07 bits per heavy atom. The summed E-state index contributed by atoms with van der Waals surface area (Å²) < 4.78 is 28.1. The molecule has 1 amide bonds. The molecule has 0 saturated heterocycles. The number of benzene rings is 2. The van der Waals surface area contributed by atoms with Crippen LogP contribution in [0.25, 0.3) is 0 Å². The third-order valence-corrected chi connectivity index (χ3v) is 6.88. The number of nitrogens with zero attached hydrogens (tertiary/aromatic N) is 2. The summed E-state index contributed by atoms with van der Waals surface area (Å²) in [6.45, 7) is 0.386. The molecule has 2 heterocycles. The van der Waals surface area contributed by atoms with Gasteiger partial charge in [-0.1, -0.05) is 35.9 Å². The third kappa shape index (κ3) is 3.83. The van der Waals surface area contributed by atoms with Gasteiger partial charge in [0.25, 0.3) is 15.9 Å². The molecular formula is C21H18ClN3O3S. The lowest BCUT2D eigenvalue weighted by molar-refractivity contribution is 0.102. The van der Waals surface area contributed by atoms with Gasteiger partial charge in [0.15, 0.2) is 0 Å². The Morgan fingerprint density at radius 3 is 2.66 bits per heavy atom. The van der Waals surface area contributed by atoms with E-state index < -0.39 is 15.9 Å². The number of carbonyl (C=O) groups excluding carboxylic acids is 1. The first-order valence-electron chi connectivity index (χ1n) is 9.09. The molecule has 0 saturated carbocycles. The van der Waals surface area contributed by atoms with Crippen LogP contribution in [0.1, 0.15) is 22.3 Å². The normalized spacial score (nSPS) is 13.6. The van der Waals surface area contributed by atoms with Gasteiger partial charge < -0.3 is 5.32 Å². The molecule has 0 bridgehead atoms. The Kier molecular flexibility index (Phi) is 5.25. The predicted octanol–water partition coefficient (Wildman–Crippen LogP) is 4.13. The van der Waals surface area contributed by atoms with Gasteiger partial charge in [0.05, 0.1) is 21.2 Å². The fraction of sp³-hybridized carbons (Fsp3) is 0.143. The molecule has 8 heteroatoms. The number of anilines is 2. The molecule has 0 aliphatic carbocycles. The molecule has 0 atom stereocenters. The van der Waals surface area contributed by atoms with Gasteiger partial charge in [-0.25, -0.2) is 13.4 Å². The fourth-order valence-electron chi connectivity index (χ4n) is 3.34. The van der Waals surface area contributed by atoms with Crippen LogP contribution in [-0.4, -0.2) is 25.9 Å². The van der Waals surface area contributed by atoms with Crippen molar-refractivity contribution in [1.29, 1.82) is 0 Å². The van der Waals surface area contributed by atoms with E-state index in [0.717, 1.165) is 18.4 Å². The van der Waals surface area contributed by atoms with Crippen LogP contribution < -0.4 is 9.62 Å². The van der Waals surface area contributed by atoms with Crippen LogP contribution in [0.4, 0.5) is 11.5 Å². The summed E-state index contributed by atoms with van der Waals surface area (Å²) >= 11 is 6.18. The summed E-state index contributed by atoms with van der Waals surface area (Å²) in [6.07, 6.45) is 3.11. The molecule has 148 valence electrons. The van der Waals surface area contributed by atoms with Crippen LogP contribution in [0.3, 0.4) is 0 Å². The molecule has 3 aromatic rings. The molecule has 0 fully saturated rings. The average Bonchev–Trinajstić information content (AvgIpc) is 2.74. The smallest absolute Gasteiger partial charge is 0.264 e. The molecule has 2 aromatic carbocycles.